The first-order valence-corrected chi connectivity index (χ1v) is 8.06. The quantitative estimate of drug-likeness (QED) is 0.923. The summed E-state index contributed by atoms with van der Waals surface area (Å²) in [6.07, 6.45) is 2.38. The van der Waals surface area contributed by atoms with Crippen LogP contribution < -0.4 is 10.5 Å². The zero-order chi connectivity index (χ0) is 14.8. The van der Waals surface area contributed by atoms with E-state index in [4.69, 9.17) is 15.2 Å². The van der Waals surface area contributed by atoms with Crippen LogP contribution in [0.3, 0.4) is 0 Å². The molecule has 4 nitrogen and oxygen atoms in total. The van der Waals surface area contributed by atoms with Gasteiger partial charge in [-0.15, -0.1) is 0 Å². The van der Waals surface area contributed by atoms with Crippen LogP contribution in [0.1, 0.15) is 37.4 Å². The van der Waals surface area contributed by atoms with Crippen molar-refractivity contribution in [2.75, 3.05) is 26.3 Å². The Bertz CT molecular complexity index is 492. The number of benzene rings is 1. The summed E-state index contributed by atoms with van der Waals surface area (Å²) < 4.78 is 11.4. The lowest BCUT2D eigenvalue weighted by Gasteiger charge is -2.43. The topological polar surface area (TPSA) is 47.7 Å². The summed E-state index contributed by atoms with van der Waals surface area (Å²) >= 11 is 0. The fourth-order valence-electron chi connectivity index (χ4n) is 3.48. The number of rotatable bonds is 4. The zero-order valence-electron chi connectivity index (χ0n) is 13.0. The second-order valence-corrected chi connectivity index (χ2v) is 6.12. The molecule has 0 aromatic heterocycles. The highest BCUT2D eigenvalue weighted by atomic mass is 16.5. The number of hydrogen-bond donors (Lipinski definition) is 1. The lowest BCUT2D eigenvalue weighted by Crippen LogP contribution is -2.51. The molecule has 3 atom stereocenters. The molecule has 0 bridgehead atoms. The van der Waals surface area contributed by atoms with E-state index in [-0.39, 0.29) is 12.1 Å². The first-order valence-electron chi connectivity index (χ1n) is 8.06. The largest absolute Gasteiger partial charge is 0.493 e. The van der Waals surface area contributed by atoms with Crippen molar-refractivity contribution in [1.29, 1.82) is 0 Å². The second-order valence-electron chi connectivity index (χ2n) is 6.12. The fourth-order valence-corrected chi connectivity index (χ4v) is 3.48. The Kier molecular flexibility index (Phi) is 4.48. The summed E-state index contributed by atoms with van der Waals surface area (Å²) in [5.41, 5.74) is 8.76. The molecule has 0 amide bonds. The number of ether oxygens (including phenoxy) is 2. The van der Waals surface area contributed by atoms with Gasteiger partial charge >= 0.3 is 0 Å². The van der Waals surface area contributed by atoms with Crippen LogP contribution in [-0.4, -0.2) is 43.3 Å². The van der Waals surface area contributed by atoms with E-state index in [1.54, 1.807) is 0 Å². The van der Waals surface area contributed by atoms with Crippen molar-refractivity contribution < 1.29 is 9.47 Å². The molecule has 2 aliphatic rings. The maximum Gasteiger partial charge on any atom is 0.122 e. The lowest BCUT2D eigenvalue weighted by molar-refractivity contribution is -0.0719. The van der Waals surface area contributed by atoms with Crippen LogP contribution in [0.5, 0.6) is 5.75 Å². The van der Waals surface area contributed by atoms with Gasteiger partial charge < -0.3 is 15.2 Å². The molecule has 0 aliphatic carbocycles. The zero-order valence-corrected chi connectivity index (χ0v) is 13.0. The molecule has 3 unspecified atom stereocenters. The number of morpholine rings is 1. The van der Waals surface area contributed by atoms with Crippen LogP contribution in [-0.2, 0) is 11.2 Å². The summed E-state index contributed by atoms with van der Waals surface area (Å²) in [6.45, 7) is 7.57. The van der Waals surface area contributed by atoms with E-state index in [1.165, 1.54) is 11.1 Å². The first kappa shape index (κ1) is 14.8. The van der Waals surface area contributed by atoms with Crippen molar-refractivity contribution in [2.24, 2.45) is 5.73 Å². The molecule has 0 saturated carbocycles. The smallest absolute Gasteiger partial charge is 0.122 e. The average molecular weight is 290 g/mol. The third-order valence-electron chi connectivity index (χ3n) is 4.70. The molecule has 0 spiro atoms. The van der Waals surface area contributed by atoms with Crippen LogP contribution in [0.4, 0.5) is 0 Å². The molecule has 4 heteroatoms. The number of nitrogens with two attached hydrogens (primary N) is 1. The molecule has 0 radical (unpaired) electrons. The van der Waals surface area contributed by atoms with E-state index in [0.717, 1.165) is 38.3 Å². The number of fused-ring (bicyclic) bond motifs is 1. The number of hydrogen-bond acceptors (Lipinski definition) is 4. The Labute approximate surface area is 127 Å². The highest BCUT2D eigenvalue weighted by Crippen LogP contribution is 2.32. The van der Waals surface area contributed by atoms with Gasteiger partial charge in [-0.05, 0) is 30.5 Å². The number of nitrogens with zero attached hydrogens (tertiary/aromatic N) is 1. The van der Waals surface area contributed by atoms with Gasteiger partial charge in [0.2, 0.25) is 0 Å². The van der Waals surface area contributed by atoms with Gasteiger partial charge in [0.1, 0.15) is 5.75 Å². The van der Waals surface area contributed by atoms with Crippen LogP contribution in [0.2, 0.25) is 0 Å². The third kappa shape index (κ3) is 2.93. The molecular weight excluding hydrogens is 264 g/mol. The Morgan fingerprint density at radius 3 is 3.05 bits per heavy atom. The van der Waals surface area contributed by atoms with Gasteiger partial charge in [0.05, 0.1) is 19.3 Å². The van der Waals surface area contributed by atoms with Gasteiger partial charge in [-0.3, -0.25) is 4.90 Å². The molecule has 3 rings (SSSR count). The van der Waals surface area contributed by atoms with Gasteiger partial charge in [0.25, 0.3) is 0 Å². The minimum atomic E-state index is 0.271. The average Bonchev–Trinajstić information content (AvgIpc) is 2.96. The van der Waals surface area contributed by atoms with Gasteiger partial charge in [0.15, 0.2) is 0 Å². The molecule has 1 fully saturated rings. The van der Waals surface area contributed by atoms with Gasteiger partial charge in [0, 0.05) is 31.6 Å². The van der Waals surface area contributed by atoms with Crippen molar-refractivity contribution >= 4 is 0 Å². The Morgan fingerprint density at radius 1 is 1.43 bits per heavy atom. The summed E-state index contributed by atoms with van der Waals surface area (Å²) in [4.78, 5) is 2.53. The molecule has 1 saturated heterocycles. The molecule has 2 N–H and O–H groups in total. The van der Waals surface area contributed by atoms with Gasteiger partial charge in [-0.1, -0.05) is 19.1 Å². The van der Waals surface area contributed by atoms with Gasteiger partial charge in [-0.2, -0.15) is 0 Å². The third-order valence-corrected chi connectivity index (χ3v) is 4.70. The van der Waals surface area contributed by atoms with Crippen LogP contribution in [0, 0.1) is 0 Å². The predicted octanol–water partition coefficient (Wildman–Crippen LogP) is 2.12. The molecule has 1 aromatic carbocycles. The van der Waals surface area contributed by atoms with E-state index < -0.39 is 0 Å². The lowest BCUT2D eigenvalue weighted by atomic mass is 9.98. The van der Waals surface area contributed by atoms with Crippen molar-refractivity contribution in [3.05, 3.63) is 29.3 Å². The summed E-state index contributed by atoms with van der Waals surface area (Å²) in [6, 6.07) is 7.29. The summed E-state index contributed by atoms with van der Waals surface area (Å²) in [5.74, 6) is 1.04. The Morgan fingerprint density at radius 2 is 2.29 bits per heavy atom. The summed E-state index contributed by atoms with van der Waals surface area (Å²) in [7, 11) is 0. The first-order chi connectivity index (χ1) is 10.2. The molecule has 2 heterocycles. The Balaban J connectivity index is 1.86. The normalized spacial score (nSPS) is 27.2. The highest BCUT2D eigenvalue weighted by molar-refractivity contribution is 5.41. The van der Waals surface area contributed by atoms with E-state index >= 15 is 0 Å². The van der Waals surface area contributed by atoms with E-state index in [0.29, 0.717) is 12.6 Å². The molecule has 2 aliphatic heterocycles. The van der Waals surface area contributed by atoms with Crippen molar-refractivity contribution in [3.63, 3.8) is 0 Å². The maximum atomic E-state index is 6.13. The van der Waals surface area contributed by atoms with Crippen molar-refractivity contribution in [3.8, 4) is 5.75 Å². The van der Waals surface area contributed by atoms with Crippen molar-refractivity contribution in [1.82, 2.24) is 4.90 Å². The van der Waals surface area contributed by atoms with E-state index in [1.807, 2.05) is 0 Å². The standard InChI is InChI=1S/C17H26N2O2/c1-3-15-11-21-12(2)10-19(15)16(9-18)13-4-5-17-14(8-13)6-7-20-17/h4-5,8,12,15-16H,3,6-7,9-11,18H2,1-2H3. The Hall–Kier alpha value is -1.10. The minimum Gasteiger partial charge on any atom is -0.493 e. The molecule has 116 valence electrons. The monoisotopic (exact) mass is 290 g/mol. The maximum absolute atomic E-state index is 6.13. The van der Waals surface area contributed by atoms with Gasteiger partial charge in [-0.25, -0.2) is 0 Å². The van der Waals surface area contributed by atoms with E-state index in [2.05, 4.69) is 36.9 Å². The fraction of sp³-hybridized carbons (Fsp3) is 0.647. The minimum absolute atomic E-state index is 0.271. The van der Waals surface area contributed by atoms with Crippen LogP contribution in [0.15, 0.2) is 18.2 Å². The van der Waals surface area contributed by atoms with Crippen LogP contribution in [0.25, 0.3) is 0 Å². The SMILES string of the molecule is CCC1COC(C)CN1C(CN)c1ccc2c(c1)CCO2. The van der Waals surface area contributed by atoms with E-state index in [9.17, 15) is 0 Å². The van der Waals surface area contributed by atoms with Crippen LogP contribution >= 0.6 is 0 Å². The predicted molar refractivity (Wildman–Crippen MR) is 83.6 cm³/mol. The van der Waals surface area contributed by atoms with Crippen molar-refractivity contribution in [2.45, 2.75) is 44.9 Å². The highest BCUT2D eigenvalue weighted by Gasteiger charge is 2.31. The molecule has 1 aromatic rings. The molecule has 21 heavy (non-hydrogen) atoms. The second kappa shape index (κ2) is 6.34. The molecular formula is C17H26N2O2. The summed E-state index contributed by atoms with van der Waals surface area (Å²) in [5, 5.41) is 0.